The fourth-order valence-corrected chi connectivity index (χ4v) is 2.93. The zero-order valence-electron chi connectivity index (χ0n) is 10.7. The Kier molecular flexibility index (Phi) is 6.93. The highest BCUT2D eigenvalue weighted by Gasteiger charge is 2.13. The highest BCUT2D eigenvalue weighted by atomic mass is 35.5. The molecule has 1 atom stereocenters. The number of hydrogen-bond donors (Lipinski definition) is 1. The molecule has 0 radical (unpaired) electrons. The third kappa shape index (κ3) is 5.28. The van der Waals surface area contributed by atoms with Crippen LogP contribution in [-0.4, -0.2) is 23.3 Å². The summed E-state index contributed by atoms with van der Waals surface area (Å²) < 4.78 is 0. The van der Waals surface area contributed by atoms with E-state index in [1.165, 1.54) is 0 Å². The molecule has 0 aliphatic carbocycles. The van der Waals surface area contributed by atoms with Crippen molar-refractivity contribution in [3.05, 3.63) is 23.4 Å². The molecule has 0 aromatic carbocycles. The van der Waals surface area contributed by atoms with E-state index in [-0.39, 0.29) is 0 Å². The summed E-state index contributed by atoms with van der Waals surface area (Å²) in [7, 11) is 0. The zero-order valence-corrected chi connectivity index (χ0v) is 12.3. The van der Waals surface area contributed by atoms with Gasteiger partial charge in [0.05, 0.1) is 5.02 Å². The average Bonchev–Trinajstić information content (AvgIpc) is 2.31. The highest BCUT2D eigenvalue weighted by Crippen LogP contribution is 2.25. The van der Waals surface area contributed by atoms with Crippen LogP contribution in [0.4, 0.5) is 0 Å². The molecule has 1 heterocycles. The Labute approximate surface area is 114 Å². The van der Waals surface area contributed by atoms with Gasteiger partial charge in [-0.1, -0.05) is 32.4 Å². The maximum Gasteiger partial charge on any atom is 0.115 e. The molecule has 1 aromatic rings. The molecular weight excluding hydrogens is 252 g/mol. The first-order chi connectivity index (χ1) is 8.15. The number of nitrogens with one attached hydrogen (secondary N) is 1. The first kappa shape index (κ1) is 14.8. The molecule has 1 aromatic heterocycles. The van der Waals surface area contributed by atoms with Crippen LogP contribution in [0.2, 0.25) is 5.02 Å². The molecule has 0 saturated heterocycles. The van der Waals surface area contributed by atoms with Gasteiger partial charge < -0.3 is 5.32 Å². The van der Waals surface area contributed by atoms with Crippen LogP contribution in [0.1, 0.15) is 27.2 Å². The number of nitrogens with zero attached hydrogens (tertiary/aromatic N) is 1. The van der Waals surface area contributed by atoms with Crippen molar-refractivity contribution in [2.75, 3.05) is 12.3 Å². The Hall–Kier alpha value is -0.250. The van der Waals surface area contributed by atoms with Crippen LogP contribution in [0.5, 0.6) is 0 Å². The van der Waals surface area contributed by atoms with Crippen molar-refractivity contribution in [2.24, 2.45) is 5.92 Å². The van der Waals surface area contributed by atoms with Gasteiger partial charge in [-0.3, -0.25) is 0 Å². The molecule has 0 bridgehead atoms. The molecule has 1 N–H and O–H groups in total. The van der Waals surface area contributed by atoms with Crippen LogP contribution in [0.3, 0.4) is 0 Å². The van der Waals surface area contributed by atoms with Gasteiger partial charge >= 0.3 is 0 Å². The molecule has 2 nitrogen and oxygen atoms in total. The number of halogens is 1. The number of thioether (sulfide) groups is 1. The lowest BCUT2D eigenvalue weighted by Gasteiger charge is -2.21. The standard InChI is InChI=1S/C13H21ClN2S/c1-4-7-15-12(10(2)3)9-17-13-11(14)6-5-8-16-13/h5-6,8,10,12,15H,4,7,9H2,1-3H3. The molecule has 96 valence electrons. The summed E-state index contributed by atoms with van der Waals surface area (Å²) in [5.74, 6) is 1.63. The van der Waals surface area contributed by atoms with E-state index in [1.807, 2.05) is 12.1 Å². The number of hydrogen-bond acceptors (Lipinski definition) is 3. The third-order valence-electron chi connectivity index (χ3n) is 2.59. The fourth-order valence-electron chi connectivity index (χ4n) is 1.46. The first-order valence-electron chi connectivity index (χ1n) is 6.11. The Bertz CT molecular complexity index is 331. The minimum absolute atomic E-state index is 0.512. The van der Waals surface area contributed by atoms with E-state index in [2.05, 4.69) is 31.1 Å². The Morgan fingerprint density at radius 1 is 1.47 bits per heavy atom. The lowest BCUT2D eigenvalue weighted by Crippen LogP contribution is -2.36. The topological polar surface area (TPSA) is 24.9 Å². The van der Waals surface area contributed by atoms with Crippen molar-refractivity contribution < 1.29 is 0 Å². The normalized spacial score (nSPS) is 13.0. The summed E-state index contributed by atoms with van der Waals surface area (Å²) in [6.45, 7) is 7.74. The van der Waals surface area contributed by atoms with Crippen molar-refractivity contribution in [3.63, 3.8) is 0 Å². The minimum atomic E-state index is 0.512. The largest absolute Gasteiger partial charge is 0.313 e. The monoisotopic (exact) mass is 272 g/mol. The Balaban J connectivity index is 2.49. The summed E-state index contributed by atoms with van der Waals surface area (Å²) in [6.07, 6.45) is 2.95. The second-order valence-corrected chi connectivity index (χ2v) is 5.82. The van der Waals surface area contributed by atoms with Crippen molar-refractivity contribution in [3.8, 4) is 0 Å². The maximum absolute atomic E-state index is 6.09. The molecule has 0 fully saturated rings. The van der Waals surface area contributed by atoms with Crippen LogP contribution in [0.25, 0.3) is 0 Å². The smallest absolute Gasteiger partial charge is 0.115 e. The van der Waals surface area contributed by atoms with E-state index >= 15 is 0 Å². The molecule has 0 saturated carbocycles. The molecule has 0 aliphatic rings. The Morgan fingerprint density at radius 3 is 2.82 bits per heavy atom. The van der Waals surface area contributed by atoms with E-state index in [9.17, 15) is 0 Å². The summed E-state index contributed by atoms with van der Waals surface area (Å²) in [5.41, 5.74) is 0. The van der Waals surface area contributed by atoms with Gasteiger partial charge in [0.15, 0.2) is 0 Å². The molecule has 17 heavy (non-hydrogen) atoms. The molecule has 0 aliphatic heterocycles. The van der Waals surface area contributed by atoms with Crippen LogP contribution in [-0.2, 0) is 0 Å². The average molecular weight is 273 g/mol. The van der Waals surface area contributed by atoms with Crippen LogP contribution in [0, 0.1) is 5.92 Å². The SMILES string of the molecule is CCCNC(CSc1ncccc1Cl)C(C)C. The third-order valence-corrected chi connectivity index (χ3v) is 4.13. The van der Waals surface area contributed by atoms with Gasteiger partial charge in [0, 0.05) is 18.0 Å². The molecule has 0 amide bonds. The van der Waals surface area contributed by atoms with Gasteiger partial charge in [0.1, 0.15) is 5.03 Å². The number of rotatable bonds is 7. The summed E-state index contributed by atoms with van der Waals surface area (Å²) in [6, 6.07) is 4.26. The summed E-state index contributed by atoms with van der Waals surface area (Å²) in [4.78, 5) is 4.29. The van der Waals surface area contributed by atoms with E-state index < -0.39 is 0 Å². The van der Waals surface area contributed by atoms with Crippen molar-refractivity contribution in [1.82, 2.24) is 10.3 Å². The van der Waals surface area contributed by atoms with Crippen LogP contribution >= 0.6 is 23.4 Å². The van der Waals surface area contributed by atoms with Gasteiger partial charge in [-0.2, -0.15) is 0 Å². The van der Waals surface area contributed by atoms with Crippen LogP contribution < -0.4 is 5.32 Å². The molecule has 4 heteroatoms. The second kappa shape index (κ2) is 7.96. The van der Waals surface area contributed by atoms with Gasteiger partial charge in [-0.25, -0.2) is 4.98 Å². The highest BCUT2D eigenvalue weighted by molar-refractivity contribution is 7.99. The lowest BCUT2D eigenvalue weighted by atomic mass is 10.1. The van der Waals surface area contributed by atoms with Gasteiger partial charge in [0.2, 0.25) is 0 Å². The van der Waals surface area contributed by atoms with Crippen molar-refractivity contribution in [1.29, 1.82) is 0 Å². The van der Waals surface area contributed by atoms with E-state index in [0.29, 0.717) is 12.0 Å². The first-order valence-corrected chi connectivity index (χ1v) is 7.48. The van der Waals surface area contributed by atoms with Crippen molar-refractivity contribution >= 4 is 23.4 Å². The van der Waals surface area contributed by atoms with E-state index in [1.54, 1.807) is 18.0 Å². The summed E-state index contributed by atoms with van der Waals surface area (Å²) in [5, 5.41) is 5.24. The van der Waals surface area contributed by atoms with Crippen LogP contribution in [0.15, 0.2) is 23.4 Å². The van der Waals surface area contributed by atoms with E-state index in [0.717, 1.165) is 28.8 Å². The zero-order chi connectivity index (χ0) is 12.7. The Morgan fingerprint density at radius 2 is 2.24 bits per heavy atom. The quantitative estimate of drug-likeness (QED) is 0.763. The minimum Gasteiger partial charge on any atom is -0.313 e. The molecule has 1 rings (SSSR count). The van der Waals surface area contributed by atoms with E-state index in [4.69, 9.17) is 11.6 Å². The molecule has 0 spiro atoms. The predicted octanol–water partition coefficient (Wildman–Crippen LogP) is 3.85. The maximum atomic E-state index is 6.09. The van der Waals surface area contributed by atoms with Gasteiger partial charge in [0.25, 0.3) is 0 Å². The molecule has 1 unspecified atom stereocenters. The lowest BCUT2D eigenvalue weighted by molar-refractivity contribution is 0.434. The summed E-state index contributed by atoms with van der Waals surface area (Å²) >= 11 is 7.82. The number of aromatic nitrogens is 1. The number of pyridine rings is 1. The molecular formula is C13H21ClN2S. The second-order valence-electron chi connectivity index (χ2n) is 4.41. The fraction of sp³-hybridized carbons (Fsp3) is 0.615. The van der Waals surface area contributed by atoms with Crippen molar-refractivity contribution in [2.45, 2.75) is 38.3 Å². The predicted molar refractivity (Wildman–Crippen MR) is 76.9 cm³/mol. The van der Waals surface area contributed by atoms with Gasteiger partial charge in [-0.05, 0) is 31.0 Å². The van der Waals surface area contributed by atoms with Gasteiger partial charge in [-0.15, -0.1) is 11.8 Å².